The van der Waals surface area contributed by atoms with E-state index in [1.807, 2.05) is 28.9 Å². The van der Waals surface area contributed by atoms with E-state index >= 15 is 0 Å². The molecule has 7 nitrogen and oxygen atoms in total. The van der Waals surface area contributed by atoms with Gasteiger partial charge in [-0.2, -0.15) is 5.10 Å². The predicted octanol–water partition coefficient (Wildman–Crippen LogP) is 2.75. The summed E-state index contributed by atoms with van der Waals surface area (Å²) in [5.41, 5.74) is 8.81. The molecule has 0 aliphatic carbocycles. The fraction of sp³-hybridized carbons (Fsp3) is 0.444. The highest BCUT2D eigenvalue weighted by Gasteiger charge is 2.21. The van der Waals surface area contributed by atoms with Crippen LogP contribution in [-0.4, -0.2) is 28.9 Å². The topological polar surface area (TPSA) is 117 Å². The molecule has 0 radical (unpaired) electrons. The number of nitrogens with two attached hydrogens (primary N) is 2. The Balaban J connectivity index is 2.13. The van der Waals surface area contributed by atoms with E-state index in [4.69, 9.17) is 16.0 Å². The lowest BCUT2D eigenvalue weighted by Gasteiger charge is -2.15. The third-order valence-electron chi connectivity index (χ3n) is 4.62. The number of para-hydroxylation sites is 1. The number of hydrogen-bond acceptors (Lipinski definition) is 5. The Hall–Kier alpha value is -2.19. The first-order valence-corrected chi connectivity index (χ1v) is 10.6. The Morgan fingerprint density at radius 3 is 2.69 bits per heavy atom. The van der Waals surface area contributed by atoms with Gasteiger partial charge in [-0.25, -0.2) is 18.5 Å². The van der Waals surface area contributed by atoms with Crippen LogP contribution in [0.1, 0.15) is 44.7 Å². The summed E-state index contributed by atoms with van der Waals surface area (Å²) in [6, 6.07) is 7.89. The van der Waals surface area contributed by atoms with Crippen LogP contribution >= 0.6 is 0 Å². The smallest absolute Gasteiger partial charge is 0.209 e. The average molecular weight is 375 g/mol. The molecule has 0 aliphatic rings. The summed E-state index contributed by atoms with van der Waals surface area (Å²) in [6.45, 7) is 4.97. The fourth-order valence-electron chi connectivity index (χ4n) is 3.50. The predicted molar refractivity (Wildman–Crippen MR) is 105 cm³/mol. The van der Waals surface area contributed by atoms with Crippen molar-refractivity contribution in [1.29, 1.82) is 0 Å². The van der Waals surface area contributed by atoms with Gasteiger partial charge >= 0.3 is 0 Å². The normalized spacial score (nSPS) is 13.5. The van der Waals surface area contributed by atoms with Crippen LogP contribution in [0.5, 0.6) is 0 Å². The van der Waals surface area contributed by atoms with Crippen molar-refractivity contribution in [2.75, 3.05) is 11.5 Å². The summed E-state index contributed by atoms with van der Waals surface area (Å²) in [4.78, 5) is 4.48. The molecular weight excluding hydrogens is 350 g/mol. The Morgan fingerprint density at radius 1 is 1.27 bits per heavy atom. The lowest BCUT2D eigenvalue weighted by molar-refractivity contribution is 0.533. The maximum Gasteiger partial charge on any atom is 0.209 e. The number of pyridine rings is 1. The summed E-state index contributed by atoms with van der Waals surface area (Å²) >= 11 is 0. The van der Waals surface area contributed by atoms with Crippen LogP contribution in [0.3, 0.4) is 0 Å². The number of primary sulfonamides is 1. The average Bonchev–Trinajstić information content (AvgIpc) is 2.94. The van der Waals surface area contributed by atoms with Gasteiger partial charge in [0.05, 0.1) is 11.3 Å². The molecule has 0 spiro atoms. The minimum Gasteiger partial charge on any atom is -0.382 e. The van der Waals surface area contributed by atoms with Crippen molar-refractivity contribution in [2.45, 2.75) is 45.6 Å². The van der Waals surface area contributed by atoms with Crippen LogP contribution in [0.4, 0.5) is 5.82 Å². The molecule has 8 heteroatoms. The second-order valence-electron chi connectivity index (χ2n) is 6.76. The van der Waals surface area contributed by atoms with E-state index in [-0.39, 0.29) is 11.7 Å². The lowest BCUT2D eigenvalue weighted by Crippen LogP contribution is -2.17. The molecule has 3 rings (SSSR count). The quantitative estimate of drug-likeness (QED) is 0.658. The number of aryl methyl sites for hydroxylation is 1. The van der Waals surface area contributed by atoms with Gasteiger partial charge in [-0.05, 0) is 31.2 Å². The Bertz CT molecular complexity index is 1040. The van der Waals surface area contributed by atoms with Gasteiger partial charge in [-0.3, -0.25) is 4.68 Å². The van der Waals surface area contributed by atoms with Crippen LogP contribution in [0.15, 0.2) is 24.3 Å². The van der Waals surface area contributed by atoms with Crippen LogP contribution in [-0.2, 0) is 16.6 Å². The van der Waals surface area contributed by atoms with Gasteiger partial charge in [0, 0.05) is 23.0 Å². The SMILES string of the molecule is CCCn1nc2c(N)nc3ccccc3c2c1C(C)CCCS(N)(=O)=O. The van der Waals surface area contributed by atoms with Crippen molar-refractivity contribution in [3.8, 4) is 0 Å². The standard InChI is InChI=1S/C18H25N5O2S/c1-3-10-23-17(12(2)7-6-11-26(20,24)25)15-13-8-4-5-9-14(13)21-18(19)16(15)22-23/h4-5,8-9,12H,3,6-7,10-11H2,1-2H3,(H2,19,21)(H2,20,24,25). The molecule has 0 aliphatic heterocycles. The van der Waals surface area contributed by atoms with Gasteiger partial charge in [0.25, 0.3) is 0 Å². The number of aromatic nitrogens is 3. The number of hydrogen-bond donors (Lipinski definition) is 2. The van der Waals surface area contributed by atoms with E-state index < -0.39 is 10.0 Å². The summed E-state index contributed by atoms with van der Waals surface area (Å²) in [7, 11) is -3.45. The van der Waals surface area contributed by atoms with E-state index in [0.29, 0.717) is 24.2 Å². The number of benzene rings is 1. The zero-order chi connectivity index (χ0) is 18.9. The van der Waals surface area contributed by atoms with E-state index in [9.17, 15) is 8.42 Å². The van der Waals surface area contributed by atoms with Crippen LogP contribution < -0.4 is 10.9 Å². The summed E-state index contributed by atoms with van der Waals surface area (Å²) in [5, 5.41) is 11.9. The molecule has 0 bridgehead atoms. The summed E-state index contributed by atoms with van der Waals surface area (Å²) in [5.74, 6) is 0.534. The second-order valence-corrected chi connectivity index (χ2v) is 8.49. The Morgan fingerprint density at radius 2 is 2.00 bits per heavy atom. The van der Waals surface area contributed by atoms with Crippen molar-refractivity contribution in [2.24, 2.45) is 5.14 Å². The third-order valence-corrected chi connectivity index (χ3v) is 5.47. The summed E-state index contributed by atoms with van der Waals surface area (Å²) in [6.07, 6.45) is 2.16. The molecule has 3 aromatic rings. The largest absolute Gasteiger partial charge is 0.382 e. The highest BCUT2D eigenvalue weighted by molar-refractivity contribution is 7.89. The summed E-state index contributed by atoms with van der Waals surface area (Å²) < 4.78 is 24.5. The molecule has 1 atom stereocenters. The molecule has 1 aromatic carbocycles. The Kier molecular flexibility index (Phi) is 5.15. The van der Waals surface area contributed by atoms with Crippen molar-refractivity contribution in [3.63, 3.8) is 0 Å². The van der Waals surface area contributed by atoms with E-state index in [1.165, 1.54) is 0 Å². The molecule has 4 N–H and O–H groups in total. The van der Waals surface area contributed by atoms with E-state index in [2.05, 4.69) is 18.8 Å². The maximum atomic E-state index is 11.2. The third kappa shape index (κ3) is 3.66. The molecule has 0 fully saturated rings. The minimum absolute atomic E-state index is 0.0123. The van der Waals surface area contributed by atoms with Crippen LogP contribution in [0.25, 0.3) is 21.8 Å². The lowest BCUT2D eigenvalue weighted by atomic mass is 9.97. The van der Waals surface area contributed by atoms with E-state index in [1.54, 1.807) is 0 Å². The first-order chi connectivity index (χ1) is 12.3. The van der Waals surface area contributed by atoms with Crippen LogP contribution in [0, 0.1) is 0 Å². The molecule has 26 heavy (non-hydrogen) atoms. The molecule has 2 heterocycles. The molecule has 0 saturated carbocycles. The van der Waals surface area contributed by atoms with Crippen molar-refractivity contribution >= 4 is 37.6 Å². The molecular formula is C18H25N5O2S. The van der Waals surface area contributed by atoms with Gasteiger partial charge < -0.3 is 5.73 Å². The number of rotatable bonds is 7. The van der Waals surface area contributed by atoms with Crippen molar-refractivity contribution in [3.05, 3.63) is 30.0 Å². The number of nitrogens with zero attached hydrogens (tertiary/aromatic N) is 3. The van der Waals surface area contributed by atoms with Gasteiger partial charge in [-0.15, -0.1) is 0 Å². The van der Waals surface area contributed by atoms with Gasteiger partial charge in [0.1, 0.15) is 5.52 Å². The maximum absolute atomic E-state index is 11.2. The Labute approximate surface area is 153 Å². The minimum atomic E-state index is -3.45. The number of fused-ring (bicyclic) bond motifs is 3. The van der Waals surface area contributed by atoms with Crippen molar-refractivity contribution < 1.29 is 8.42 Å². The first kappa shape index (κ1) is 18.6. The van der Waals surface area contributed by atoms with Gasteiger partial charge in [0.15, 0.2) is 5.82 Å². The van der Waals surface area contributed by atoms with Gasteiger partial charge in [-0.1, -0.05) is 32.0 Å². The molecule has 0 amide bonds. The number of nitrogen functional groups attached to an aromatic ring is 1. The van der Waals surface area contributed by atoms with Gasteiger partial charge in [0.2, 0.25) is 10.0 Å². The molecule has 2 aromatic heterocycles. The number of sulfonamides is 1. The van der Waals surface area contributed by atoms with Crippen LogP contribution in [0.2, 0.25) is 0 Å². The monoisotopic (exact) mass is 375 g/mol. The highest BCUT2D eigenvalue weighted by atomic mass is 32.2. The van der Waals surface area contributed by atoms with E-state index in [0.717, 1.165) is 34.9 Å². The first-order valence-electron chi connectivity index (χ1n) is 8.87. The highest BCUT2D eigenvalue weighted by Crippen LogP contribution is 2.35. The second kappa shape index (κ2) is 7.20. The zero-order valence-electron chi connectivity index (χ0n) is 15.1. The fourth-order valence-corrected chi connectivity index (χ4v) is 4.06. The molecule has 1 unspecified atom stereocenters. The zero-order valence-corrected chi connectivity index (χ0v) is 16.0. The number of anilines is 1. The molecule has 140 valence electrons. The van der Waals surface area contributed by atoms with Crippen molar-refractivity contribution in [1.82, 2.24) is 14.8 Å². The molecule has 0 saturated heterocycles.